The van der Waals surface area contributed by atoms with Gasteiger partial charge in [0.05, 0.1) is 0 Å². The molecule has 0 radical (unpaired) electrons. The molecule has 1 unspecified atom stereocenters. The summed E-state index contributed by atoms with van der Waals surface area (Å²) in [7, 11) is 0. The van der Waals surface area contributed by atoms with Gasteiger partial charge in [-0.3, -0.25) is 9.59 Å². The summed E-state index contributed by atoms with van der Waals surface area (Å²) in [5, 5.41) is 0. The number of carbonyl (C=O) groups is 2. The maximum atomic E-state index is 13.1. The van der Waals surface area contributed by atoms with Crippen LogP contribution in [0.1, 0.15) is 149 Å². The fourth-order valence-corrected chi connectivity index (χ4v) is 7.49. The molecule has 3 heteroatoms. The first-order valence-electron chi connectivity index (χ1n) is 14.5. The maximum Gasteiger partial charge on any atom is 0.133 e. The number of carbonyl (C=O) groups excluding carboxylic acids is 2. The highest BCUT2D eigenvalue weighted by molar-refractivity contribution is 8.00. The minimum absolute atomic E-state index is 0.168. The Bertz CT molecular complexity index is 643. The quantitative estimate of drug-likeness (QED) is 0.240. The van der Waals surface area contributed by atoms with Gasteiger partial charge in [-0.25, -0.2) is 0 Å². The van der Waals surface area contributed by atoms with Gasteiger partial charge in [-0.2, -0.15) is 11.8 Å². The van der Waals surface area contributed by atoms with Crippen molar-refractivity contribution in [1.29, 1.82) is 0 Å². The monoisotopic (exact) mass is 524 g/mol. The molecule has 36 heavy (non-hydrogen) atoms. The number of rotatable bonds is 13. The highest BCUT2D eigenvalue weighted by atomic mass is 32.2. The summed E-state index contributed by atoms with van der Waals surface area (Å²) in [5.41, 5.74) is 0.748. The van der Waals surface area contributed by atoms with Crippen molar-refractivity contribution in [3.63, 3.8) is 0 Å². The Morgan fingerprint density at radius 1 is 0.528 bits per heavy atom. The van der Waals surface area contributed by atoms with Gasteiger partial charge in [0, 0.05) is 30.4 Å². The molecule has 0 spiro atoms. The topological polar surface area (TPSA) is 34.1 Å². The van der Waals surface area contributed by atoms with Crippen LogP contribution in [0.3, 0.4) is 0 Å². The average molecular weight is 525 g/mol. The lowest BCUT2D eigenvalue weighted by molar-refractivity contribution is -0.122. The fourth-order valence-electron chi connectivity index (χ4n) is 6.47. The molecule has 0 saturated heterocycles. The first-order valence-corrected chi connectivity index (χ1v) is 15.5. The zero-order valence-electron chi connectivity index (χ0n) is 27.1. The lowest BCUT2D eigenvalue weighted by Crippen LogP contribution is -2.33. The van der Waals surface area contributed by atoms with Gasteiger partial charge < -0.3 is 0 Å². The van der Waals surface area contributed by atoms with Crippen molar-refractivity contribution in [2.75, 3.05) is 5.75 Å². The molecule has 0 aliphatic carbocycles. The van der Waals surface area contributed by atoms with Crippen molar-refractivity contribution in [3.8, 4) is 0 Å². The summed E-state index contributed by atoms with van der Waals surface area (Å²) in [6, 6.07) is 0. The molecule has 0 aromatic carbocycles. The normalized spacial score (nSPS) is 15.0. The van der Waals surface area contributed by atoms with Crippen LogP contribution in [0.5, 0.6) is 0 Å². The smallest absolute Gasteiger partial charge is 0.133 e. The molecule has 0 saturated carbocycles. The van der Waals surface area contributed by atoms with E-state index in [9.17, 15) is 9.59 Å². The second kappa shape index (κ2) is 13.7. The fraction of sp³-hybridized carbons (Fsp3) is 0.939. The lowest BCUT2D eigenvalue weighted by Gasteiger charge is -2.41. The molecule has 2 nitrogen and oxygen atoms in total. The molecule has 0 amide bonds. The van der Waals surface area contributed by atoms with E-state index in [0.29, 0.717) is 49.1 Å². The van der Waals surface area contributed by atoms with E-state index in [1.54, 1.807) is 0 Å². The summed E-state index contributed by atoms with van der Waals surface area (Å²) in [6.45, 7) is 34.3. The van der Waals surface area contributed by atoms with Gasteiger partial charge in [0.25, 0.3) is 0 Å². The zero-order chi connectivity index (χ0) is 28.8. The Hall–Kier alpha value is -0.310. The predicted molar refractivity (Wildman–Crippen MR) is 163 cm³/mol. The van der Waals surface area contributed by atoms with Gasteiger partial charge in [-0.15, -0.1) is 0 Å². The first-order chi connectivity index (χ1) is 15.8. The van der Waals surface area contributed by atoms with Crippen molar-refractivity contribution in [3.05, 3.63) is 0 Å². The molecule has 0 bridgehead atoms. The standard InChI is InChI=1S/C33H64O2S/c1-29(2,3)27(30(4,5)6)20-18-25(34)17-16-24(23-36-33(13,14)15)22-26(35)19-21-28(31(7,8)9)32(10,11)12/h24,27-28H,16-23H2,1-15H3. The van der Waals surface area contributed by atoms with Gasteiger partial charge >= 0.3 is 0 Å². The molecule has 0 heterocycles. The second-order valence-corrected chi connectivity index (χ2v) is 18.6. The number of Topliss-reactive ketones (excluding diaryl/α,β-unsaturated/α-hetero) is 2. The third-order valence-electron chi connectivity index (χ3n) is 7.71. The van der Waals surface area contributed by atoms with Crippen LogP contribution in [0, 0.1) is 39.4 Å². The molecular formula is C33H64O2S. The first kappa shape index (κ1) is 35.7. The van der Waals surface area contributed by atoms with Gasteiger partial charge in [0.2, 0.25) is 0 Å². The number of thioether (sulfide) groups is 1. The Balaban J connectivity index is 5.12. The van der Waals surface area contributed by atoms with Crippen molar-refractivity contribution in [2.24, 2.45) is 39.4 Å². The van der Waals surface area contributed by atoms with E-state index >= 15 is 0 Å². The number of ketones is 2. The third-order valence-corrected chi connectivity index (χ3v) is 9.21. The van der Waals surface area contributed by atoms with E-state index in [0.717, 1.165) is 25.0 Å². The van der Waals surface area contributed by atoms with Crippen LogP contribution < -0.4 is 0 Å². The Morgan fingerprint density at radius 3 is 1.19 bits per heavy atom. The SMILES string of the molecule is CC(C)(C)SCC(CCC(=O)CCC(C(C)(C)C)C(C)(C)C)CC(=O)CCC(C(C)(C)C)C(C)(C)C. The highest BCUT2D eigenvalue weighted by Gasteiger charge is 2.36. The minimum atomic E-state index is 0.168. The van der Waals surface area contributed by atoms with E-state index in [2.05, 4.69) is 104 Å². The molecule has 0 N–H and O–H groups in total. The molecular weight excluding hydrogens is 460 g/mol. The molecule has 1 atom stereocenters. The van der Waals surface area contributed by atoms with Gasteiger partial charge in [-0.1, -0.05) is 104 Å². The van der Waals surface area contributed by atoms with Crippen molar-refractivity contribution < 1.29 is 9.59 Å². The van der Waals surface area contributed by atoms with E-state index < -0.39 is 0 Å². The lowest BCUT2D eigenvalue weighted by atomic mass is 9.64. The van der Waals surface area contributed by atoms with Crippen molar-refractivity contribution >= 4 is 23.3 Å². The van der Waals surface area contributed by atoms with Crippen LogP contribution in [0.4, 0.5) is 0 Å². The molecule has 0 aromatic rings. The molecule has 214 valence electrons. The average Bonchev–Trinajstić information content (AvgIpc) is 2.58. The van der Waals surface area contributed by atoms with Crippen LogP contribution in [-0.4, -0.2) is 22.1 Å². The Labute approximate surface area is 231 Å². The summed E-state index contributed by atoms with van der Waals surface area (Å²) in [5.74, 6) is 2.98. The van der Waals surface area contributed by atoms with Crippen LogP contribution in [0.2, 0.25) is 0 Å². The summed E-state index contributed by atoms with van der Waals surface area (Å²) < 4.78 is 0.168. The Morgan fingerprint density at radius 2 is 0.861 bits per heavy atom. The summed E-state index contributed by atoms with van der Waals surface area (Å²) in [6.07, 6.45) is 5.28. The van der Waals surface area contributed by atoms with E-state index in [-0.39, 0.29) is 32.3 Å². The predicted octanol–water partition coefficient (Wildman–Crippen LogP) is 10.4. The maximum absolute atomic E-state index is 13.1. The van der Waals surface area contributed by atoms with Gasteiger partial charge in [0.15, 0.2) is 0 Å². The van der Waals surface area contributed by atoms with E-state index in [1.807, 2.05) is 11.8 Å². The van der Waals surface area contributed by atoms with Crippen molar-refractivity contribution in [1.82, 2.24) is 0 Å². The zero-order valence-corrected chi connectivity index (χ0v) is 27.9. The van der Waals surface area contributed by atoms with Crippen LogP contribution in [0.25, 0.3) is 0 Å². The summed E-state index contributed by atoms with van der Waals surface area (Å²) >= 11 is 1.93. The molecule has 0 aliphatic heterocycles. The van der Waals surface area contributed by atoms with Gasteiger partial charge in [0.1, 0.15) is 11.6 Å². The Kier molecular flexibility index (Phi) is 13.5. The van der Waals surface area contributed by atoms with Gasteiger partial charge in [-0.05, 0) is 64.4 Å². The number of hydrogen-bond donors (Lipinski definition) is 0. The molecule has 0 aromatic heterocycles. The molecule has 0 rings (SSSR count). The van der Waals surface area contributed by atoms with Crippen molar-refractivity contribution in [2.45, 2.75) is 154 Å². The molecule has 0 aliphatic rings. The largest absolute Gasteiger partial charge is 0.300 e. The van der Waals surface area contributed by atoms with Crippen LogP contribution in [0.15, 0.2) is 0 Å². The third kappa shape index (κ3) is 15.2. The van der Waals surface area contributed by atoms with Crippen LogP contribution >= 0.6 is 11.8 Å². The van der Waals surface area contributed by atoms with E-state index in [4.69, 9.17) is 0 Å². The second-order valence-electron chi connectivity index (χ2n) is 16.8. The minimum Gasteiger partial charge on any atom is -0.300 e. The highest BCUT2D eigenvalue weighted by Crippen LogP contribution is 2.44. The van der Waals surface area contributed by atoms with Crippen LogP contribution in [-0.2, 0) is 9.59 Å². The molecule has 0 fully saturated rings. The number of hydrogen-bond acceptors (Lipinski definition) is 3. The van der Waals surface area contributed by atoms with E-state index in [1.165, 1.54) is 0 Å². The summed E-state index contributed by atoms with van der Waals surface area (Å²) in [4.78, 5) is 26.1.